The lowest BCUT2D eigenvalue weighted by Crippen LogP contribution is -2.66. The van der Waals surface area contributed by atoms with E-state index in [2.05, 4.69) is 28.1 Å². The summed E-state index contributed by atoms with van der Waals surface area (Å²) in [5, 5.41) is 1.21. The minimum Gasteiger partial charge on any atom is -0.468 e. The average Bonchev–Trinajstić information content (AvgIpc) is 3.00. The minimum absolute atomic E-state index is 0.0307. The maximum Gasteiger partial charge on any atom is 0.319 e. The highest BCUT2D eigenvalue weighted by Gasteiger charge is 2.62. The number of aromatic nitrogens is 1. The molecular formula is C21H24N2O3. The third-order valence-corrected chi connectivity index (χ3v) is 7.09. The van der Waals surface area contributed by atoms with Gasteiger partial charge >= 0.3 is 5.97 Å². The van der Waals surface area contributed by atoms with Gasteiger partial charge in [-0.3, -0.25) is 14.5 Å². The molecule has 4 bridgehead atoms. The molecule has 0 amide bonds. The summed E-state index contributed by atoms with van der Waals surface area (Å²) < 4.78 is 5.35. The third kappa shape index (κ3) is 1.89. The first-order valence-corrected chi connectivity index (χ1v) is 9.49. The molecular weight excluding hydrogens is 328 g/mol. The number of piperidine rings is 2. The number of aromatic amines is 1. The van der Waals surface area contributed by atoms with Gasteiger partial charge < -0.3 is 9.72 Å². The Kier molecular flexibility index (Phi) is 3.35. The lowest BCUT2D eigenvalue weighted by Gasteiger charge is -2.56. The molecule has 0 spiro atoms. The highest BCUT2D eigenvalue weighted by molar-refractivity contribution is 5.92. The quantitative estimate of drug-likeness (QED) is 0.844. The fourth-order valence-corrected chi connectivity index (χ4v) is 6.02. The van der Waals surface area contributed by atoms with Gasteiger partial charge in [-0.2, -0.15) is 0 Å². The van der Waals surface area contributed by atoms with Crippen LogP contribution < -0.4 is 0 Å². The molecule has 136 valence electrons. The van der Waals surface area contributed by atoms with Gasteiger partial charge in [-0.25, -0.2) is 0 Å². The van der Waals surface area contributed by atoms with Crippen LogP contribution in [0.25, 0.3) is 10.9 Å². The molecule has 6 rings (SSSR count). The third-order valence-electron chi connectivity index (χ3n) is 7.09. The van der Waals surface area contributed by atoms with Crippen molar-refractivity contribution in [3.8, 4) is 0 Å². The van der Waals surface area contributed by atoms with Crippen LogP contribution >= 0.6 is 0 Å². The van der Waals surface area contributed by atoms with Crippen LogP contribution in [-0.2, 0) is 26.2 Å². The van der Waals surface area contributed by atoms with Gasteiger partial charge in [0.05, 0.1) is 7.11 Å². The number of methoxy groups -OCH3 is 1. The normalized spacial score (nSPS) is 35.0. The van der Waals surface area contributed by atoms with E-state index in [-0.39, 0.29) is 29.6 Å². The van der Waals surface area contributed by atoms with Gasteiger partial charge in [0, 0.05) is 41.6 Å². The number of nitrogens with zero attached hydrogens (tertiary/aromatic N) is 1. The largest absolute Gasteiger partial charge is 0.468 e. The summed E-state index contributed by atoms with van der Waals surface area (Å²) in [6, 6.07) is 8.32. The number of benzene rings is 1. The molecule has 5 nitrogen and oxygen atoms in total. The summed E-state index contributed by atoms with van der Waals surface area (Å²) >= 11 is 0. The van der Waals surface area contributed by atoms with Gasteiger partial charge in [0.1, 0.15) is 11.2 Å². The van der Waals surface area contributed by atoms with Crippen LogP contribution in [0.15, 0.2) is 24.3 Å². The number of fused-ring (bicyclic) bond motifs is 4. The molecule has 1 aliphatic carbocycles. The summed E-state index contributed by atoms with van der Waals surface area (Å²) in [6.45, 7) is 3.54. The van der Waals surface area contributed by atoms with Crippen LogP contribution in [0.4, 0.5) is 0 Å². The number of esters is 1. The molecule has 1 N–H and O–H groups in total. The van der Waals surface area contributed by atoms with E-state index in [0.29, 0.717) is 6.42 Å². The van der Waals surface area contributed by atoms with Gasteiger partial charge in [0.15, 0.2) is 0 Å². The second-order valence-corrected chi connectivity index (χ2v) is 8.16. The Labute approximate surface area is 152 Å². The van der Waals surface area contributed by atoms with Crippen molar-refractivity contribution < 1.29 is 14.3 Å². The molecule has 1 aromatic heterocycles. The van der Waals surface area contributed by atoms with E-state index in [9.17, 15) is 9.59 Å². The fourth-order valence-electron chi connectivity index (χ4n) is 6.02. The Bertz CT molecular complexity index is 917. The van der Waals surface area contributed by atoms with Gasteiger partial charge in [0.2, 0.25) is 0 Å². The fraction of sp³-hybridized carbons (Fsp3) is 0.524. The Morgan fingerprint density at radius 3 is 2.85 bits per heavy atom. The summed E-state index contributed by atoms with van der Waals surface area (Å²) in [6.07, 6.45) is 2.38. The van der Waals surface area contributed by atoms with Gasteiger partial charge in [-0.1, -0.05) is 18.2 Å². The zero-order valence-electron chi connectivity index (χ0n) is 15.2. The van der Waals surface area contributed by atoms with Crippen LogP contribution in [0.3, 0.4) is 0 Å². The Morgan fingerprint density at radius 2 is 2.12 bits per heavy atom. The zero-order valence-corrected chi connectivity index (χ0v) is 15.2. The molecule has 5 atom stereocenters. The van der Waals surface area contributed by atoms with Crippen molar-refractivity contribution in [2.75, 3.05) is 20.2 Å². The van der Waals surface area contributed by atoms with Crippen LogP contribution in [-0.4, -0.2) is 47.9 Å². The lowest BCUT2D eigenvalue weighted by atomic mass is 9.56. The number of para-hydroxylation sites is 1. The Balaban J connectivity index is 1.75. The molecule has 4 heterocycles. The zero-order chi connectivity index (χ0) is 18.1. The number of ketones is 1. The van der Waals surface area contributed by atoms with Crippen molar-refractivity contribution in [1.82, 2.24) is 9.88 Å². The monoisotopic (exact) mass is 352 g/mol. The lowest BCUT2D eigenvalue weighted by molar-refractivity contribution is -0.163. The molecule has 3 fully saturated rings. The average molecular weight is 352 g/mol. The van der Waals surface area contributed by atoms with Crippen LogP contribution in [0.1, 0.15) is 31.0 Å². The first-order chi connectivity index (χ1) is 12.6. The van der Waals surface area contributed by atoms with E-state index in [1.165, 1.54) is 18.1 Å². The van der Waals surface area contributed by atoms with Crippen molar-refractivity contribution in [3.63, 3.8) is 0 Å². The molecule has 1 saturated carbocycles. The number of H-pyrrole nitrogens is 1. The number of nitrogens with one attached hydrogen (secondary N) is 1. The predicted octanol–water partition coefficient (Wildman–Crippen LogP) is 2.43. The summed E-state index contributed by atoms with van der Waals surface area (Å²) in [5.74, 6) is 0.386. The summed E-state index contributed by atoms with van der Waals surface area (Å²) in [4.78, 5) is 31.4. The van der Waals surface area contributed by atoms with Gasteiger partial charge in [-0.05, 0) is 43.7 Å². The molecule has 4 aliphatic rings. The smallest absolute Gasteiger partial charge is 0.319 e. The standard InChI is InChI=1S/C21H24N2O3/c1-12(24)16-9-18-21(20(25)26-2)10-13(16)11-23(18)8-7-15-14-5-3-4-6-17(14)22-19(15)21/h3-6,13,16,18,22H,7-11H2,1-2H3/t13-,16?,18+,21-/m1/s1. The molecule has 3 aliphatic heterocycles. The summed E-state index contributed by atoms with van der Waals surface area (Å²) in [7, 11) is 1.49. The number of Topliss-reactive ketones (excluding diaryl/α,β-unsaturated/α-hetero) is 1. The van der Waals surface area contributed by atoms with E-state index >= 15 is 0 Å². The molecule has 5 heteroatoms. The van der Waals surface area contributed by atoms with Gasteiger partial charge in [0.25, 0.3) is 0 Å². The molecule has 2 unspecified atom stereocenters. The van der Waals surface area contributed by atoms with E-state index in [0.717, 1.165) is 37.1 Å². The topological polar surface area (TPSA) is 62.4 Å². The van der Waals surface area contributed by atoms with E-state index < -0.39 is 5.41 Å². The first kappa shape index (κ1) is 16.1. The number of carbonyl (C=O) groups is 2. The SMILES string of the molecule is COC(=O)[C@@]12C[C@@H]3CN(CCc4c1[nH]c1ccccc41)[C@H]2CC3C(C)=O. The number of hydrogen-bond donors (Lipinski definition) is 1. The van der Waals surface area contributed by atoms with Crippen molar-refractivity contribution >= 4 is 22.7 Å². The number of carbonyl (C=O) groups excluding carboxylic acids is 2. The summed E-state index contributed by atoms with van der Waals surface area (Å²) in [5.41, 5.74) is 2.68. The van der Waals surface area contributed by atoms with Crippen molar-refractivity contribution in [3.05, 3.63) is 35.5 Å². The second kappa shape index (κ2) is 5.43. The Morgan fingerprint density at radius 1 is 1.31 bits per heavy atom. The first-order valence-electron chi connectivity index (χ1n) is 9.49. The number of hydrogen-bond acceptors (Lipinski definition) is 4. The minimum atomic E-state index is -0.686. The maximum absolute atomic E-state index is 13.2. The molecule has 1 aromatic carbocycles. The second-order valence-electron chi connectivity index (χ2n) is 8.16. The predicted molar refractivity (Wildman–Crippen MR) is 98.0 cm³/mol. The molecule has 0 radical (unpaired) electrons. The molecule has 2 aromatic rings. The van der Waals surface area contributed by atoms with E-state index in [1.54, 1.807) is 6.92 Å². The highest BCUT2D eigenvalue weighted by atomic mass is 16.5. The molecule has 2 saturated heterocycles. The van der Waals surface area contributed by atoms with Crippen molar-refractivity contribution in [1.29, 1.82) is 0 Å². The number of rotatable bonds is 2. The number of ether oxygens (including phenoxy) is 1. The van der Waals surface area contributed by atoms with Crippen LogP contribution in [0, 0.1) is 11.8 Å². The highest BCUT2D eigenvalue weighted by Crippen LogP contribution is 2.54. The van der Waals surface area contributed by atoms with E-state index in [1.807, 2.05) is 6.07 Å². The molecule has 26 heavy (non-hydrogen) atoms. The van der Waals surface area contributed by atoms with Crippen LogP contribution in [0.5, 0.6) is 0 Å². The van der Waals surface area contributed by atoms with Gasteiger partial charge in [-0.15, -0.1) is 0 Å². The van der Waals surface area contributed by atoms with E-state index in [4.69, 9.17) is 4.74 Å². The maximum atomic E-state index is 13.2. The van der Waals surface area contributed by atoms with Crippen LogP contribution in [0.2, 0.25) is 0 Å². The van der Waals surface area contributed by atoms with Crippen molar-refractivity contribution in [2.45, 2.75) is 37.6 Å². The van der Waals surface area contributed by atoms with Crippen molar-refractivity contribution in [2.24, 2.45) is 11.8 Å². The Hall–Kier alpha value is -2.14.